The van der Waals surface area contributed by atoms with E-state index in [4.69, 9.17) is 0 Å². The third-order valence-electron chi connectivity index (χ3n) is 3.69. The molecule has 0 spiro atoms. The lowest BCUT2D eigenvalue weighted by Gasteiger charge is -2.19. The Morgan fingerprint density at radius 2 is 1.83 bits per heavy atom. The highest BCUT2D eigenvalue weighted by Crippen LogP contribution is 2.33. The monoisotopic (exact) mass is 356 g/mol. The molecule has 0 aliphatic carbocycles. The van der Waals surface area contributed by atoms with Crippen molar-refractivity contribution in [1.82, 2.24) is 4.98 Å². The minimum Gasteiger partial charge on any atom is -0.308 e. The number of carbonyl (C=O) groups is 1. The molecule has 0 radical (unpaired) electrons. The van der Waals surface area contributed by atoms with Crippen LogP contribution in [0, 0.1) is 0 Å². The van der Waals surface area contributed by atoms with E-state index in [-0.39, 0.29) is 6.54 Å². The summed E-state index contributed by atoms with van der Waals surface area (Å²) < 4.78 is 61.8. The predicted molar refractivity (Wildman–Crippen MR) is 79.3 cm³/mol. The van der Waals surface area contributed by atoms with Crippen LogP contribution in [-0.4, -0.2) is 31.4 Å². The third-order valence-corrected chi connectivity index (χ3v) is 5.14. The van der Waals surface area contributed by atoms with Crippen LogP contribution < -0.4 is 4.90 Å². The fourth-order valence-electron chi connectivity index (χ4n) is 2.57. The van der Waals surface area contributed by atoms with E-state index in [1.54, 1.807) is 24.3 Å². The molecule has 9 heteroatoms. The lowest BCUT2D eigenvalue weighted by molar-refractivity contribution is -0.0438. The molecule has 0 fully saturated rings. The molecule has 5 nitrogen and oxygen atoms in total. The summed E-state index contributed by atoms with van der Waals surface area (Å²) in [6.45, 7) is 0.262. The largest absolute Gasteiger partial charge is 0.503 e. The second-order valence-corrected chi connectivity index (χ2v) is 7.00. The van der Waals surface area contributed by atoms with E-state index in [0.717, 1.165) is 17.8 Å². The van der Waals surface area contributed by atoms with Gasteiger partial charge in [0, 0.05) is 18.4 Å². The molecule has 24 heavy (non-hydrogen) atoms. The molecular formula is C15H11F3N2O3S. The van der Waals surface area contributed by atoms with Gasteiger partial charge in [0.05, 0.1) is 5.56 Å². The SMILES string of the molecule is O=C(c1cccnc1S(=O)(=O)C(F)(F)F)N1CCc2ccccc21. The summed E-state index contributed by atoms with van der Waals surface area (Å²) in [5.41, 5.74) is -4.69. The first-order valence-electron chi connectivity index (χ1n) is 6.89. The Balaban J connectivity index is 2.08. The van der Waals surface area contributed by atoms with Crippen LogP contribution in [0.3, 0.4) is 0 Å². The van der Waals surface area contributed by atoms with E-state index >= 15 is 0 Å². The summed E-state index contributed by atoms with van der Waals surface area (Å²) in [6, 6.07) is 9.21. The van der Waals surface area contributed by atoms with Gasteiger partial charge in [0.15, 0.2) is 5.03 Å². The van der Waals surface area contributed by atoms with Crippen molar-refractivity contribution >= 4 is 21.4 Å². The molecule has 0 unspecified atom stereocenters. The first kappa shape index (κ1) is 16.4. The Bertz CT molecular complexity index is 910. The van der Waals surface area contributed by atoms with Crippen LogP contribution in [0.1, 0.15) is 15.9 Å². The van der Waals surface area contributed by atoms with Crippen molar-refractivity contribution in [3.63, 3.8) is 0 Å². The molecule has 0 saturated heterocycles. The molecule has 0 bridgehead atoms. The Kier molecular flexibility index (Phi) is 3.83. The molecule has 2 aromatic rings. The van der Waals surface area contributed by atoms with E-state index in [9.17, 15) is 26.4 Å². The van der Waals surface area contributed by atoms with Crippen molar-refractivity contribution in [3.8, 4) is 0 Å². The molecule has 0 N–H and O–H groups in total. The number of aromatic nitrogens is 1. The van der Waals surface area contributed by atoms with Gasteiger partial charge in [-0.15, -0.1) is 0 Å². The molecule has 3 rings (SSSR count). The number of halogens is 3. The molecule has 1 aromatic heterocycles. The molecule has 1 aromatic carbocycles. The molecule has 1 aliphatic heterocycles. The van der Waals surface area contributed by atoms with Crippen LogP contribution in [0.15, 0.2) is 47.6 Å². The van der Waals surface area contributed by atoms with Crippen LogP contribution in [-0.2, 0) is 16.3 Å². The first-order valence-corrected chi connectivity index (χ1v) is 8.38. The topological polar surface area (TPSA) is 67.3 Å². The fourth-order valence-corrected chi connectivity index (χ4v) is 3.44. The Labute approximate surface area is 135 Å². The van der Waals surface area contributed by atoms with E-state index < -0.39 is 31.8 Å². The zero-order valence-electron chi connectivity index (χ0n) is 12.1. The van der Waals surface area contributed by atoms with Gasteiger partial charge < -0.3 is 4.90 Å². The van der Waals surface area contributed by atoms with Crippen molar-refractivity contribution in [1.29, 1.82) is 0 Å². The number of hydrogen-bond donors (Lipinski definition) is 0. The lowest BCUT2D eigenvalue weighted by Crippen LogP contribution is -2.32. The highest BCUT2D eigenvalue weighted by Gasteiger charge is 2.50. The van der Waals surface area contributed by atoms with E-state index in [1.807, 2.05) is 0 Å². The molecule has 0 saturated carbocycles. The Morgan fingerprint density at radius 3 is 2.54 bits per heavy atom. The van der Waals surface area contributed by atoms with E-state index in [1.165, 1.54) is 11.0 Å². The predicted octanol–water partition coefficient (Wildman–Crippen LogP) is 2.58. The summed E-state index contributed by atoms with van der Waals surface area (Å²) in [5.74, 6) is -0.823. The van der Waals surface area contributed by atoms with Gasteiger partial charge in [-0.2, -0.15) is 13.2 Å². The Morgan fingerprint density at radius 1 is 1.12 bits per heavy atom. The first-order chi connectivity index (χ1) is 11.2. The van der Waals surface area contributed by atoms with Gasteiger partial charge in [-0.05, 0) is 30.2 Å². The average molecular weight is 356 g/mol. The van der Waals surface area contributed by atoms with Gasteiger partial charge in [0.1, 0.15) is 0 Å². The number of pyridine rings is 1. The number of para-hydroxylation sites is 1. The minimum atomic E-state index is -5.72. The van der Waals surface area contributed by atoms with E-state index in [0.29, 0.717) is 12.1 Å². The van der Waals surface area contributed by atoms with Crippen LogP contribution in [0.2, 0.25) is 0 Å². The van der Waals surface area contributed by atoms with Gasteiger partial charge in [-0.3, -0.25) is 4.79 Å². The number of hydrogen-bond acceptors (Lipinski definition) is 4. The van der Waals surface area contributed by atoms with Gasteiger partial charge >= 0.3 is 5.51 Å². The van der Waals surface area contributed by atoms with Crippen LogP contribution in [0.5, 0.6) is 0 Å². The number of fused-ring (bicyclic) bond motifs is 1. The van der Waals surface area contributed by atoms with Gasteiger partial charge in [-0.1, -0.05) is 18.2 Å². The highest BCUT2D eigenvalue weighted by molar-refractivity contribution is 7.92. The standard InChI is InChI=1S/C15H11F3N2O3S/c16-15(17,18)24(22,23)13-11(5-3-8-19-13)14(21)20-9-7-10-4-1-2-6-12(10)20/h1-6,8H,7,9H2. The number of nitrogens with zero attached hydrogens (tertiary/aromatic N) is 2. The smallest absolute Gasteiger partial charge is 0.308 e. The maximum absolute atomic E-state index is 12.8. The molecule has 126 valence electrons. The third kappa shape index (κ3) is 2.54. The van der Waals surface area contributed by atoms with Gasteiger partial charge in [-0.25, -0.2) is 13.4 Å². The quantitative estimate of drug-likeness (QED) is 0.829. The number of carbonyl (C=O) groups excluding carboxylic acids is 1. The van der Waals surface area contributed by atoms with Crippen molar-refractivity contribution in [2.45, 2.75) is 17.0 Å². The van der Waals surface area contributed by atoms with Crippen molar-refractivity contribution in [2.24, 2.45) is 0 Å². The van der Waals surface area contributed by atoms with Crippen LogP contribution >= 0.6 is 0 Å². The molecule has 1 aliphatic rings. The van der Waals surface area contributed by atoms with Gasteiger partial charge in [0.25, 0.3) is 15.7 Å². The highest BCUT2D eigenvalue weighted by atomic mass is 32.2. The van der Waals surface area contributed by atoms with Crippen LogP contribution in [0.25, 0.3) is 0 Å². The minimum absolute atomic E-state index is 0.262. The van der Waals surface area contributed by atoms with Gasteiger partial charge in [0.2, 0.25) is 0 Å². The molecule has 0 atom stereocenters. The summed E-state index contributed by atoms with van der Waals surface area (Å²) in [6.07, 6.45) is 1.46. The zero-order chi connectivity index (χ0) is 17.5. The normalized spacial score (nSPS) is 14.5. The Hall–Kier alpha value is -2.42. The summed E-state index contributed by atoms with van der Waals surface area (Å²) in [4.78, 5) is 17.2. The maximum atomic E-state index is 12.8. The van der Waals surface area contributed by atoms with E-state index in [2.05, 4.69) is 4.98 Å². The maximum Gasteiger partial charge on any atom is 0.503 e. The second kappa shape index (κ2) is 5.59. The van der Waals surface area contributed by atoms with Crippen LogP contribution in [0.4, 0.5) is 18.9 Å². The summed E-state index contributed by atoms with van der Waals surface area (Å²) in [5, 5.41) is -1.27. The van der Waals surface area contributed by atoms with Crippen molar-refractivity contribution in [3.05, 3.63) is 53.7 Å². The molecule has 2 heterocycles. The number of rotatable bonds is 2. The van der Waals surface area contributed by atoms with Crippen molar-refractivity contribution in [2.75, 3.05) is 11.4 Å². The molecular weight excluding hydrogens is 345 g/mol. The zero-order valence-corrected chi connectivity index (χ0v) is 12.9. The second-order valence-electron chi connectivity index (χ2n) is 5.14. The number of anilines is 1. The number of benzene rings is 1. The molecule has 1 amide bonds. The summed E-state index contributed by atoms with van der Waals surface area (Å²) in [7, 11) is -5.72. The summed E-state index contributed by atoms with van der Waals surface area (Å²) >= 11 is 0. The van der Waals surface area contributed by atoms with Crippen molar-refractivity contribution < 1.29 is 26.4 Å². The lowest BCUT2D eigenvalue weighted by atomic mass is 10.2. The fraction of sp³-hybridized carbons (Fsp3) is 0.200. The number of alkyl halides is 3. The number of sulfone groups is 1. The number of amides is 1. The average Bonchev–Trinajstić information content (AvgIpc) is 2.97.